The lowest BCUT2D eigenvalue weighted by atomic mass is 10.1. The SMILES string of the molecule is NC(CC(=O)O)c1cncc(C(F)F)c1. The molecule has 0 amide bonds. The number of rotatable bonds is 4. The van der Waals surface area contributed by atoms with E-state index in [9.17, 15) is 13.6 Å². The highest BCUT2D eigenvalue weighted by Gasteiger charge is 2.14. The Labute approximate surface area is 84.7 Å². The molecule has 0 aliphatic heterocycles. The Kier molecular flexibility index (Phi) is 3.68. The molecule has 15 heavy (non-hydrogen) atoms. The van der Waals surface area contributed by atoms with E-state index < -0.39 is 18.4 Å². The number of nitrogens with two attached hydrogens (primary N) is 1. The molecule has 4 nitrogen and oxygen atoms in total. The molecule has 3 N–H and O–H groups in total. The maximum Gasteiger partial charge on any atom is 0.305 e. The molecule has 1 aromatic heterocycles. The number of aliphatic carboxylic acids is 1. The number of hydrogen-bond donors (Lipinski definition) is 2. The average molecular weight is 216 g/mol. The number of alkyl halides is 2. The van der Waals surface area contributed by atoms with Crippen LogP contribution in [0.25, 0.3) is 0 Å². The van der Waals surface area contributed by atoms with Crippen LogP contribution in [-0.4, -0.2) is 16.1 Å². The van der Waals surface area contributed by atoms with Crippen molar-refractivity contribution in [2.24, 2.45) is 5.73 Å². The molecule has 0 aromatic carbocycles. The maximum absolute atomic E-state index is 12.3. The Morgan fingerprint density at radius 1 is 1.47 bits per heavy atom. The normalized spacial score (nSPS) is 12.8. The fourth-order valence-corrected chi connectivity index (χ4v) is 1.10. The first kappa shape index (κ1) is 11.5. The summed E-state index contributed by atoms with van der Waals surface area (Å²) < 4.78 is 24.6. The fourth-order valence-electron chi connectivity index (χ4n) is 1.10. The van der Waals surface area contributed by atoms with Gasteiger partial charge in [0.05, 0.1) is 6.42 Å². The third kappa shape index (κ3) is 3.25. The second-order valence-corrected chi connectivity index (χ2v) is 3.06. The van der Waals surface area contributed by atoms with E-state index in [1.807, 2.05) is 0 Å². The monoisotopic (exact) mass is 216 g/mol. The van der Waals surface area contributed by atoms with E-state index in [0.29, 0.717) is 5.56 Å². The fraction of sp³-hybridized carbons (Fsp3) is 0.333. The van der Waals surface area contributed by atoms with Crippen molar-refractivity contribution in [2.75, 3.05) is 0 Å². The van der Waals surface area contributed by atoms with E-state index >= 15 is 0 Å². The summed E-state index contributed by atoms with van der Waals surface area (Å²) in [6.07, 6.45) is -0.621. The number of pyridine rings is 1. The highest BCUT2D eigenvalue weighted by molar-refractivity contribution is 5.67. The van der Waals surface area contributed by atoms with Crippen molar-refractivity contribution in [2.45, 2.75) is 18.9 Å². The summed E-state index contributed by atoms with van der Waals surface area (Å²) in [4.78, 5) is 13.9. The van der Waals surface area contributed by atoms with Crippen LogP contribution >= 0.6 is 0 Å². The predicted octanol–water partition coefficient (Wildman–Crippen LogP) is 1.49. The van der Waals surface area contributed by atoms with Gasteiger partial charge in [0, 0.05) is 24.0 Å². The molecular weight excluding hydrogens is 206 g/mol. The number of aromatic nitrogens is 1. The summed E-state index contributed by atoms with van der Waals surface area (Å²) >= 11 is 0. The molecule has 1 heterocycles. The highest BCUT2D eigenvalue weighted by Crippen LogP contribution is 2.21. The third-order valence-corrected chi connectivity index (χ3v) is 1.86. The summed E-state index contributed by atoms with van der Waals surface area (Å²) in [5.74, 6) is -1.08. The Hall–Kier alpha value is -1.56. The topological polar surface area (TPSA) is 76.2 Å². The van der Waals surface area contributed by atoms with Gasteiger partial charge in [0.2, 0.25) is 0 Å². The third-order valence-electron chi connectivity index (χ3n) is 1.86. The standard InChI is InChI=1S/C9H10F2N2O2/c10-9(11)6-1-5(3-13-4-6)7(12)2-8(14)15/h1,3-4,7,9H,2,12H2,(H,14,15). The predicted molar refractivity (Wildman–Crippen MR) is 48.4 cm³/mol. The second kappa shape index (κ2) is 4.79. The van der Waals surface area contributed by atoms with Crippen LogP contribution in [0.2, 0.25) is 0 Å². The Balaban J connectivity index is 2.85. The van der Waals surface area contributed by atoms with Gasteiger partial charge in [-0.05, 0) is 11.6 Å². The van der Waals surface area contributed by atoms with Gasteiger partial charge in [-0.25, -0.2) is 8.78 Å². The minimum atomic E-state index is -2.63. The summed E-state index contributed by atoms with van der Waals surface area (Å²) in [6.45, 7) is 0. The van der Waals surface area contributed by atoms with Gasteiger partial charge in [-0.15, -0.1) is 0 Å². The minimum absolute atomic E-state index is 0.256. The summed E-state index contributed by atoms with van der Waals surface area (Å²) in [5.41, 5.74) is 5.54. The van der Waals surface area contributed by atoms with Crippen molar-refractivity contribution in [3.05, 3.63) is 29.6 Å². The van der Waals surface area contributed by atoms with E-state index in [4.69, 9.17) is 10.8 Å². The van der Waals surface area contributed by atoms with Gasteiger partial charge in [-0.1, -0.05) is 0 Å². The zero-order chi connectivity index (χ0) is 11.4. The molecule has 0 spiro atoms. The summed E-state index contributed by atoms with van der Waals surface area (Å²) in [5, 5.41) is 8.48. The molecule has 1 aromatic rings. The van der Waals surface area contributed by atoms with Crippen molar-refractivity contribution in [3.8, 4) is 0 Å². The molecule has 6 heteroatoms. The zero-order valence-electron chi connectivity index (χ0n) is 7.73. The number of carboxylic acids is 1. The number of carbonyl (C=O) groups is 1. The van der Waals surface area contributed by atoms with E-state index in [1.165, 1.54) is 12.3 Å². The van der Waals surface area contributed by atoms with Crippen molar-refractivity contribution in [1.29, 1.82) is 0 Å². The average Bonchev–Trinajstić information content (AvgIpc) is 2.17. The number of hydrogen-bond acceptors (Lipinski definition) is 3. The first-order valence-electron chi connectivity index (χ1n) is 4.21. The van der Waals surface area contributed by atoms with E-state index in [1.54, 1.807) is 0 Å². The van der Waals surface area contributed by atoms with Gasteiger partial charge in [0.1, 0.15) is 0 Å². The van der Waals surface area contributed by atoms with Gasteiger partial charge in [-0.3, -0.25) is 9.78 Å². The lowest BCUT2D eigenvalue weighted by Gasteiger charge is -2.09. The summed E-state index contributed by atoms with van der Waals surface area (Å²) in [7, 11) is 0. The quantitative estimate of drug-likeness (QED) is 0.799. The largest absolute Gasteiger partial charge is 0.481 e. The molecule has 82 valence electrons. The Bertz CT molecular complexity index is 358. The van der Waals surface area contributed by atoms with Crippen LogP contribution in [0.1, 0.15) is 30.0 Å². The van der Waals surface area contributed by atoms with Crippen LogP contribution in [0, 0.1) is 0 Å². The second-order valence-electron chi connectivity index (χ2n) is 3.06. The number of carboxylic acid groups (broad SMARTS) is 1. The lowest BCUT2D eigenvalue weighted by Crippen LogP contribution is -2.15. The highest BCUT2D eigenvalue weighted by atomic mass is 19.3. The van der Waals surface area contributed by atoms with Crippen molar-refractivity contribution >= 4 is 5.97 Å². The number of halogens is 2. The molecule has 0 fully saturated rings. The van der Waals surface area contributed by atoms with Gasteiger partial charge in [-0.2, -0.15) is 0 Å². The smallest absolute Gasteiger partial charge is 0.305 e. The molecule has 0 saturated heterocycles. The van der Waals surface area contributed by atoms with E-state index in [-0.39, 0.29) is 12.0 Å². The molecule has 1 atom stereocenters. The Morgan fingerprint density at radius 3 is 2.60 bits per heavy atom. The summed E-state index contributed by atoms with van der Waals surface area (Å²) in [6, 6.07) is 0.361. The Morgan fingerprint density at radius 2 is 2.07 bits per heavy atom. The number of nitrogens with zero attached hydrogens (tertiary/aromatic N) is 1. The van der Waals surface area contributed by atoms with Crippen molar-refractivity contribution in [3.63, 3.8) is 0 Å². The van der Waals surface area contributed by atoms with Crippen molar-refractivity contribution in [1.82, 2.24) is 4.98 Å². The van der Waals surface area contributed by atoms with E-state index in [2.05, 4.69) is 4.98 Å². The van der Waals surface area contributed by atoms with Gasteiger partial charge in [0.25, 0.3) is 6.43 Å². The lowest BCUT2D eigenvalue weighted by molar-refractivity contribution is -0.137. The van der Waals surface area contributed by atoms with Crippen LogP contribution in [0.15, 0.2) is 18.5 Å². The zero-order valence-corrected chi connectivity index (χ0v) is 7.73. The van der Waals surface area contributed by atoms with Gasteiger partial charge < -0.3 is 10.8 Å². The van der Waals surface area contributed by atoms with Gasteiger partial charge in [0.15, 0.2) is 0 Å². The minimum Gasteiger partial charge on any atom is -0.481 e. The van der Waals surface area contributed by atoms with E-state index in [0.717, 1.165) is 6.20 Å². The van der Waals surface area contributed by atoms with Crippen LogP contribution in [0.3, 0.4) is 0 Å². The molecule has 0 bridgehead atoms. The van der Waals surface area contributed by atoms with Crippen LogP contribution in [0.4, 0.5) is 8.78 Å². The first-order chi connectivity index (χ1) is 7.00. The van der Waals surface area contributed by atoms with Crippen LogP contribution < -0.4 is 5.73 Å². The van der Waals surface area contributed by atoms with Crippen LogP contribution in [-0.2, 0) is 4.79 Å². The molecule has 0 aliphatic rings. The molecular formula is C9H10F2N2O2. The van der Waals surface area contributed by atoms with Crippen molar-refractivity contribution < 1.29 is 18.7 Å². The molecule has 0 aliphatic carbocycles. The molecule has 1 rings (SSSR count). The molecule has 0 saturated carbocycles. The molecule has 0 radical (unpaired) electrons. The van der Waals surface area contributed by atoms with Gasteiger partial charge >= 0.3 is 5.97 Å². The molecule has 1 unspecified atom stereocenters. The van der Waals surface area contributed by atoms with Crippen LogP contribution in [0.5, 0.6) is 0 Å². The maximum atomic E-state index is 12.3. The first-order valence-corrected chi connectivity index (χ1v) is 4.21.